The van der Waals surface area contributed by atoms with Crippen LogP contribution in [0.1, 0.15) is 28.8 Å². The zero-order valence-corrected chi connectivity index (χ0v) is 13.5. The fourth-order valence-electron chi connectivity index (χ4n) is 2.13. The molecular formula is C18H17N3O3. The van der Waals surface area contributed by atoms with E-state index in [4.69, 9.17) is 19.7 Å². The van der Waals surface area contributed by atoms with Gasteiger partial charge in [0.15, 0.2) is 5.76 Å². The van der Waals surface area contributed by atoms with Crippen molar-refractivity contribution in [1.82, 2.24) is 4.90 Å². The Bertz CT molecular complexity index is 798. The molecule has 0 radical (unpaired) electrons. The molecule has 0 saturated heterocycles. The number of nitrogens with zero attached hydrogens (tertiary/aromatic N) is 3. The Hall–Kier alpha value is -3.25. The third kappa shape index (κ3) is 4.15. The van der Waals surface area contributed by atoms with Gasteiger partial charge in [0.1, 0.15) is 24.2 Å². The summed E-state index contributed by atoms with van der Waals surface area (Å²) >= 11 is 0. The summed E-state index contributed by atoms with van der Waals surface area (Å²) in [6.45, 7) is 2.19. The van der Waals surface area contributed by atoms with Gasteiger partial charge >= 0.3 is 0 Å². The Morgan fingerprint density at radius 1 is 1.29 bits per heavy atom. The average molecular weight is 323 g/mol. The molecule has 6 heteroatoms. The molecule has 1 aromatic heterocycles. The first-order valence-corrected chi connectivity index (χ1v) is 7.41. The van der Waals surface area contributed by atoms with E-state index in [0.29, 0.717) is 23.6 Å². The maximum absolute atomic E-state index is 12.2. The number of furan rings is 1. The van der Waals surface area contributed by atoms with E-state index in [1.807, 2.05) is 0 Å². The van der Waals surface area contributed by atoms with Crippen LogP contribution >= 0.6 is 0 Å². The van der Waals surface area contributed by atoms with E-state index >= 15 is 0 Å². The van der Waals surface area contributed by atoms with Crippen LogP contribution in [0.5, 0.6) is 5.75 Å². The first-order chi connectivity index (χ1) is 11.5. The first-order valence-electron chi connectivity index (χ1n) is 7.41. The monoisotopic (exact) mass is 323 g/mol. The highest BCUT2D eigenvalue weighted by atomic mass is 16.5. The van der Waals surface area contributed by atoms with Gasteiger partial charge in [0, 0.05) is 13.6 Å². The molecule has 1 amide bonds. The second-order valence-electron chi connectivity index (χ2n) is 5.38. The van der Waals surface area contributed by atoms with Crippen LogP contribution in [0.3, 0.4) is 0 Å². The number of amides is 1. The summed E-state index contributed by atoms with van der Waals surface area (Å²) in [6.07, 6.45) is 0. The minimum atomic E-state index is -0.291. The Labute approximate surface area is 140 Å². The van der Waals surface area contributed by atoms with Gasteiger partial charge in [-0.25, -0.2) is 0 Å². The SMILES string of the molecule is C[C@@H](C#N)CN(C)C(=O)c1ccc(COc2ccccc2C#N)o1. The minimum Gasteiger partial charge on any atom is -0.484 e. The molecule has 1 heterocycles. The number of nitriles is 2. The summed E-state index contributed by atoms with van der Waals surface area (Å²) < 4.78 is 11.1. The lowest BCUT2D eigenvalue weighted by Gasteiger charge is -2.16. The van der Waals surface area contributed by atoms with E-state index in [1.165, 1.54) is 4.90 Å². The van der Waals surface area contributed by atoms with Gasteiger partial charge in [-0.1, -0.05) is 12.1 Å². The smallest absolute Gasteiger partial charge is 0.289 e. The Balaban J connectivity index is 1.99. The molecule has 0 N–H and O–H groups in total. The summed E-state index contributed by atoms with van der Waals surface area (Å²) in [5, 5.41) is 17.8. The molecule has 0 unspecified atom stereocenters. The molecule has 0 aliphatic carbocycles. The van der Waals surface area contributed by atoms with Crippen molar-refractivity contribution in [2.75, 3.05) is 13.6 Å². The largest absolute Gasteiger partial charge is 0.484 e. The highest BCUT2D eigenvalue weighted by molar-refractivity contribution is 5.91. The molecular weight excluding hydrogens is 306 g/mol. The Kier molecular flexibility index (Phi) is 5.59. The van der Waals surface area contributed by atoms with Crippen LogP contribution < -0.4 is 4.74 Å². The number of carbonyl (C=O) groups is 1. The molecule has 0 fully saturated rings. The highest BCUT2D eigenvalue weighted by Crippen LogP contribution is 2.19. The van der Waals surface area contributed by atoms with Crippen molar-refractivity contribution in [2.45, 2.75) is 13.5 Å². The van der Waals surface area contributed by atoms with Crippen LogP contribution in [0.25, 0.3) is 0 Å². The van der Waals surface area contributed by atoms with E-state index < -0.39 is 0 Å². The molecule has 6 nitrogen and oxygen atoms in total. The van der Waals surface area contributed by atoms with Gasteiger partial charge in [-0.05, 0) is 31.2 Å². The predicted octanol–water partition coefficient (Wildman–Crippen LogP) is 2.96. The quantitative estimate of drug-likeness (QED) is 0.815. The topological polar surface area (TPSA) is 90.3 Å². The van der Waals surface area contributed by atoms with E-state index in [9.17, 15) is 4.79 Å². The van der Waals surface area contributed by atoms with E-state index in [1.54, 1.807) is 50.4 Å². The minimum absolute atomic E-state index is 0.115. The van der Waals surface area contributed by atoms with Gasteiger partial charge in [-0.2, -0.15) is 10.5 Å². The summed E-state index contributed by atoms with van der Waals surface area (Å²) in [6, 6.07) is 14.3. The van der Waals surface area contributed by atoms with Crippen molar-refractivity contribution >= 4 is 5.91 Å². The van der Waals surface area contributed by atoms with Crippen molar-refractivity contribution in [3.63, 3.8) is 0 Å². The van der Waals surface area contributed by atoms with E-state index in [-0.39, 0.29) is 24.2 Å². The second-order valence-corrected chi connectivity index (χ2v) is 5.38. The standard InChI is InChI=1S/C18H17N3O3/c1-13(9-19)11-21(2)18(22)17-8-7-15(24-17)12-23-16-6-4-3-5-14(16)10-20/h3-8,13H,11-12H2,1-2H3/t13-/m0/s1. The fourth-order valence-corrected chi connectivity index (χ4v) is 2.13. The molecule has 1 atom stereocenters. The van der Waals surface area contributed by atoms with Crippen molar-refractivity contribution < 1.29 is 13.9 Å². The molecule has 2 rings (SSSR count). The predicted molar refractivity (Wildman–Crippen MR) is 85.9 cm³/mol. The zero-order chi connectivity index (χ0) is 17.5. The molecule has 122 valence electrons. The number of benzene rings is 1. The lowest BCUT2D eigenvalue weighted by molar-refractivity contribution is 0.0749. The normalized spacial score (nSPS) is 11.2. The number of hydrogen-bond donors (Lipinski definition) is 0. The second kappa shape index (κ2) is 7.85. The van der Waals surface area contributed by atoms with Gasteiger partial charge in [0.2, 0.25) is 0 Å². The van der Waals surface area contributed by atoms with Crippen LogP contribution in [0.15, 0.2) is 40.8 Å². The Morgan fingerprint density at radius 2 is 2.04 bits per heavy atom. The van der Waals surface area contributed by atoms with Crippen molar-refractivity contribution in [3.8, 4) is 17.9 Å². The van der Waals surface area contributed by atoms with Crippen molar-refractivity contribution in [2.24, 2.45) is 5.92 Å². The molecule has 2 aromatic rings. The third-order valence-electron chi connectivity index (χ3n) is 3.36. The molecule has 0 saturated carbocycles. The van der Waals surface area contributed by atoms with Gasteiger partial charge < -0.3 is 14.1 Å². The van der Waals surface area contributed by atoms with Crippen LogP contribution in [-0.4, -0.2) is 24.4 Å². The number of para-hydroxylation sites is 1. The zero-order valence-electron chi connectivity index (χ0n) is 13.5. The lowest BCUT2D eigenvalue weighted by atomic mass is 10.2. The highest BCUT2D eigenvalue weighted by Gasteiger charge is 2.18. The maximum Gasteiger partial charge on any atom is 0.289 e. The van der Waals surface area contributed by atoms with E-state index in [2.05, 4.69) is 12.1 Å². The number of ether oxygens (including phenoxy) is 1. The van der Waals surface area contributed by atoms with Gasteiger partial charge in [-0.15, -0.1) is 0 Å². The van der Waals surface area contributed by atoms with Crippen LogP contribution in [-0.2, 0) is 6.61 Å². The first kappa shape index (κ1) is 17.1. The van der Waals surface area contributed by atoms with Crippen LogP contribution in [0.4, 0.5) is 0 Å². The van der Waals surface area contributed by atoms with Gasteiger partial charge in [0.05, 0.1) is 17.6 Å². The molecule has 0 bridgehead atoms. The molecule has 24 heavy (non-hydrogen) atoms. The van der Waals surface area contributed by atoms with E-state index in [0.717, 1.165) is 0 Å². The summed E-state index contributed by atoms with van der Waals surface area (Å²) in [5.74, 6) is 0.590. The molecule has 0 spiro atoms. The van der Waals surface area contributed by atoms with Crippen molar-refractivity contribution in [3.05, 3.63) is 53.5 Å². The third-order valence-corrected chi connectivity index (χ3v) is 3.36. The van der Waals surface area contributed by atoms with Crippen LogP contribution in [0.2, 0.25) is 0 Å². The fraction of sp³-hybridized carbons (Fsp3) is 0.278. The Morgan fingerprint density at radius 3 is 2.75 bits per heavy atom. The van der Waals surface area contributed by atoms with Crippen molar-refractivity contribution in [1.29, 1.82) is 10.5 Å². The average Bonchev–Trinajstić information content (AvgIpc) is 3.08. The summed E-state index contributed by atoms with van der Waals surface area (Å²) in [5.41, 5.74) is 0.436. The summed E-state index contributed by atoms with van der Waals surface area (Å²) in [7, 11) is 1.62. The van der Waals surface area contributed by atoms with Gasteiger partial charge in [0.25, 0.3) is 5.91 Å². The molecule has 0 aliphatic rings. The molecule has 0 aliphatic heterocycles. The maximum atomic E-state index is 12.2. The summed E-state index contributed by atoms with van der Waals surface area (Å²) in [4.78, 5) is 13.7. The number of rotatable bonds is 6. The lowest BCUT2D eigenvalue weighted by Crippen LogP contribution is -2.30. The van der Waals surface area contributed by atoms with Crippen LogP contribution in [0, 0.1) is 28.6 Å². The molecule has 1 aromatic carbocycles. The van der Waals surface area contributed by atoms with Gasteiger partial charge in [-0.3, -0.25) is 4.79 Å². The number of hydrogen-bond acceptors (Lipinski definition) is 5. The number of carbonyl (C=O) groups excluding carboxylic acids is 1.